The fraction of sp³-hybridized carbons (Fsp3) is 0.500. The van der Waals surface area contributed by atoms with Crippen LogP contribution in [0.25, 0.3) is 0 Å². The van der Waals surface area contributed by atoms with Crippen molar-refractivity contribution in [2.24, 2.45) is 5.92 Å². The number of hydrogen-bond donors (Lipinski definition) is 1. The first-order valence-electron chi connectivity index (χ1n) is 6.03. The van der Waals surface area contributed by atoms with Gasteiger partial charge < -0.3 is 10.0 Å². The van der Waals surface area contributed by atoms with Gasteiger partial charge in [-0.05, 0) is 29.9 Å². The van der Waals surface area contributed by atoms with E-state index in [4.69, 9.17) is 0 Å². The third-order valence-electron chi connectivity index (χ3n) is 3.51. The molecule has 17 heavy (non-hydrogen) atoms. The number of hydrogen-bond acceptors (Lipinski definition) is 2. The molecule has 0 saturated heterocycles. The third kappa shape index (κ3) is 2.67. The van der Waals surface area contributed by atoms with Crippen LogP contribution in [0.4, 0.5) is 0 Å². The standard InChI is InChI=1S/C14H19NO2/c1-15(2)14(17)9-12-7-10-5-3-4-6-11(10)8-13(12)16/h3-6,12-13,16H,7-9H2,1-2H3/t12-,13+/m1/s1. The van der Waals surface area contributed by atoms with Crippen molar-refractivity contribution in [2.45, 2.75) is 25.4 Å². The second kappa shape index (κ2) is 4.88. The molecule has 1 aliphatic carbocycles. The molecular formula is C14H19NO2. The summed E-state index contributed by atoms with van der Waals surface area (Å²) in [7, 11) is 3.51. The third-order valence-corrected chi connectivity index (χ3v) is 3.51. The zero-order valence-corrected chi connectivity index (χ0v) is 10.4. The smallest absolute Gasteiger partial charge is 0.222 e. The highest BCUT2D eigenvalue weighted by Crippen LogP contribution is 2.28. The van der Waals surface area contributed by atoms with Crippen LogP contribution in [0.5, 0.6) is 0 Å². The number of fused-ring (bicyclic) bond motifs is 1. The summed E-state index contributed by atoms with van der Waals surface area (Å²) in [6.07, 6.45) is 1.51. The molecule has 1 aromatic rings. The first kappa shape index (κ1) is 12.1. The second-order valence-corrected chi connectivity index (χ2v) is 5.00. The molecule has 3 nitrogen and oxygen atoms in total. The number of carbonyl (C=O) groups excluding carboxylic acids is 1. The van der Waals surface area contributed by atoms with Gasteiger partial charge in [0.1, 0.15) is 0 Å². The highest BCUT2D eigenvalue weighted by Gasteiger charge is 2.28. The van der Waals surface area contributed by atoms with E-state index in [2.05, 4.69) is 12.1 Å². The van der Waals surface area contributed by atoms with Crippen LogP contribution in [-0.2, 0) is 17.6 Å². The predicted octanol–water partition coefficient (Wildman–Crippen LogP) is 1.24. The van der Waals surface area contributed by atoms with Gasteiger partial charge in [0.05, 0.1) is 6.10 Å². The fourth-order valence-electron chi connectivity index (χ4n) is 2.38. The highest BCUT2D eigenvalue weighted by atomic mass is 16.3. The van der Waals surface area contributed by atoms with Crippen molar-refractivity contribution in [3.05, 3.63) is 35.4 Å². The van der Waals surface area contributed by atoms with Crippen LogP contribution < -0.4 is 0 Å². The quantitative estimate of drug-likeness (QED) is 0.835. The average molecular weight is 233 g/mol. The number of rotatable bonds is 2. The molecule has 2 atom stereocenters. The molecule has 0 aliphatic heterocycles. The van der Waals surface area contributed by atoms with Gasteiger partial charge in [-0.2, -0.15) is 0 Å². The molecule has 0 spiro atoms. The number of amides is 1. The van der Waals surface area contributed by atoms with Gasteiger partial charge in [0, 0.05) is 20.5 Å². The predicted molar refractivity (Wildman–Crippen MR) is 66.7 cm³/mol. The monoisotopic (exact) mass is 233 g/mol. The minimum Gasteiger partial charge on any atom is -0.392 e. The topological polar surface area (TPSA) is 40.5 Å². The lowest BCUT2D eigenvalue weighted by atomic mass is 9.80. The van der Waals surface area contributed by atoms with Gasteiger partial charge in [-0.25, -0.2) is 0 Å². The largest absolute Gasteiger partial charge is 0.392 e. The van der Waals surface area contributed by atoms with Gasteiger partial charge in [-0.1, -0.05) is 24.3 Å². The minimum absolute atomic E-state index is 0.0554. The number of aliphatic hydroxyl groups excluding tert-OH is 1. The Morgan fingerprint density at radius 1 is 1.29 bits per heavy atom. The van der Waals surface area contributed by atoms with E-state index >= 15 is 0 Å². The normalized spacial score (nSPS) is 23.0. The van der Waals surface area contributed by atoms with Crippen molar-refractivity contribution >= 4 is 5.91 Å². The summed E-state index contributed by atoms with van der Waals surface area (Å²) in [6.45, 7) is 0. The van der Waals surface area contributed by atoms with Crippen LogP contribution in [-0.4, -0.2) is 36.1 Å². The van der Waals surface area contributed by atoms with Gasteiger partial charge >= 0.3 is 0 Å². The van der Waals surface area contributed by atoms with Crippen LogP contribution >= 0.6 is 0 Å². The molecule has 1 aromatic carbocycles. The van der Waals surface area contributed by atoms with Crippen molar-refractivity contribution in [2.75, 3.05) is 14.1 Å². The average Bonchev–Trinajstić information content (AvgIpc) is 2.29. The lowest BCUT2D eigenvalue weighted by molar-refractivity contribution is -0.130. The number of benzene rings is 1. The lowest BCUT2D eigenvalue weighted by Gasteiger charge is -2.30. The Kier molecular flexibility index (Phi) is 3.48. The first-order chi connectivity index (χ1) is 8.08. The van der Waals surface area contributed by atoms with Crippen molar-refractivity contribution < 1.29 is 9.90 Å². The molecule has 0 unspecified atom stereocenters. The molecule has 0 saturated carbocycles. The van der Waals surface area contributed by atoms with Gasteiger partial charge in [-0.15, -0.1) is 0 Å². The summed E-state index contributed by atoms with van der Waals surface area (Å²) in [5.41, 5.74) is 2.49. The molecule has 1 aliphatic rings. The zero-order valence-electron chi connectivity index (χ0n) is 10.4. The molecule has 0 fully saturated rings. The molecule has 1 amide bonds. The van der Waals surface area contributed by atoms with E-state index in [0.717, 1.165) is 6.42 Å². The van der Waals surface area contributed by atoms with Crippen LogP contribution in [0.2, 0.25) is 0 Å². The summed E-state index contributed by atoms with van der Waals surface area (Å²) in [4.78, 5) is 13.3. The molecular weight excluding hydrogens is 214 g/mol. The lowest BCUT2D eigenvalue weighted by Crippen LogP contribution is -2.34. The molecule has 0 bridgehead atoms. The van der Waals surface area contributed by atoms with Gasteiger partial charge in [-0.3, -0.25) is 4.79 Å². The van der Waals surface area contributed by atoms with Crippen LogP contribution in [0, 0.1) is 5.92 Å². The van der Waals surface area contributed by atoms with Crippen LogP contribution in [0.15, 0.2) is 24.3 Å². The van der Waals surface area contributed by atoms with Gasteiger partial charge in [0.2, 0.25) is 5.91 Å². The Morgan fingerprint density at radius 3 is 2.47 bits per heavy atom. The number of aliphatic hydroxyl groups is 1. The van der Waals surface area contributed by atoms with Gasteiger partial charge in [0.25, 0.3) is 0 Å². The Hall–Kier alpha value is -1.35. The molecule has 3 heteroatoms. The molecule has 0 radical (unpaired) electrons. The maximum atomic E-state index is 11.7. The van der Waals surface area contributed by atoms with E-state index in [1.807, 2.05) is 12.1 Å². The summed E-state index contributed by atoms with van der Waals surface area (Å²) in [5, 5.41) is 10.1. The number of carbonyl (C=O) groups is 1. The van der Waals surface area contributed by atoms with Crippen molar-refractivity contribution in [3.63, 3.8) is 0 Å². The van der Waals surface area contributed by atoms with Crippen molar-refractivity contribution in [1.29, 1.82) is 0 Å². The summed E-state index contributed by atoms with van der Waals surface area (Å²) in [6, 6.07) is 8.16. The molecule has 2 rings (SSSR count). The summed E-state index contributed by atoms with van der Waals surface area (Å²) in [5.74, 6) is 0.147. The van der Waals surface area contributed by atoms with E-state index in [1.54, 1.807) is 19.0 Å². The minimum atomic E-state index is -0.395. The van der Waals surface area contributed by atoms with E-state index in [9.17, 15) is 9.90 Å². The van der Waals surface area contributed by atoms with Gasteiger partial charge in [0.15, 0.2) is 0 Å². The highest BCUT2D eigenvalue weighted by molar-refractivity contribution is 5.76. The fourth-order valence-corrected chi connectivity index (χ4v) is 2.38. The van der Waals surface area contributed by atoms with E-state index < -0.39 is 6.10 Å². The van der Waals surface area contributed by atoms with Crippen molar-refractivity contribution in [3.8, 4) is 0 Å². The maximum absolute atomic E-state index is 11.7. The Balaban J connectivity index is 2.10. The van der Waals surface area contributed by atoms with Crippen LogP contribution in [0.3, 0.4) is 0 Å². The van der Waals surface area contributed by atoms with E-state index in [0.29, 0.717) is 12.8 Å². The van der Waals surface area contributed by atoms with Crippen LogP contribution in [0.1, 0.15) is 17.5 Å². The molecule has 92 valence electrons. The molecule has 0 aromatic heterocycles. The van der Waals surface area contributed by atoms with Crippen molar-refractivity contribution in [1.82, 2.24) is 4.90 Å². The van der Waals surface area contributed by atoms with E-state index in [-0.39, 0.29) is 11.8 Å². The number of nitrogens with zero attached hydrogens (tertiary/aromatic N) is 1. The second-order valence-electron chi connectivity index (χ2n) is 5.00. The molecule has 1 N–H and O–H groups in total. The summed E-state index contributed by atoms with van der Waals surface area (Å²) < 4.78 is 0. The Morgan fingerprint density at radius 2 is 1.88 bits per heavy atom. The first-order valence-corrected chi connectivity index (χ1v) is 6.03. The summed E-state index contributed by atoms with van der Waals surface area (Å²) >= 11 is 0. The molecule has 0 heterocycles. The maximum Gasteiger partial charge on any atom is 0.222 e. The van der Waals surface area contributed by atoms with E-state index in [1.165, 1.54) is 11.1 Å². The Bertz CT molecular complexity index is 414. The Labute approximate surface area is 102 Å². The zero-order chi connectivity index (χ0) is 12.4. The SMILES string of the molecule is CN(C)C(=O)C[C@H]1Cc2ccccc2C[C@@H]1O.